The van der Waals surface area contributed by atoms with Gasteiger partial charge in [0.25, 0.3) is 0 Å². The van der Waals surface area contributed by atoms with Gasteiger partial charge in [0.15, 0.2) is 0 Å². The molecule has 2 aromatic rings. The highest BCUT2D eigenvalue weighted by Crippen LogP contribution is 2.22. The molecule has 0 radical (unpaired) electrons. The summed E-state index contributed by atoms with van der Waals surface area (Å²) in [7, 11) is 3.97. The van der Waals surface area contributed by atoms with Crippen LogP contribution in [0.5, 0.6) is 0 Å². The van der Waals surface area contributed by atoms with Crippen molar-refractivity contribution in [2.24, 2.45) is 7.05 Å². The van der Waals surface area contributed by atoms with E-state index in [1.165, 1.54) is 11.1 Å². The molecule has 0 fully saturated rings. The van der Waals surface area contributed by atoms with E-state index in [2.05, 4.69) is 47.7 Å². The number of hydrogen-bond acceptors (Lipinski definition) is 2. The lowest BCUT2D eigenvalue weighted by atomic mass is 9.91. The summed E-state index contributed by atoms with van der Waals surface area (Å²) in [6.45, 7) is 3.15. The number of aromatic nitrogens is 2. The van der Waals surface area contributed by atoms with Crippen molar-refractivity contribution >= 4 is 0 Å². The Hall–Kier alpha value is -1.61. The second-order valence-electron chi connectivity index (χ2n) is 4.80. The van der Waals surface area contributed by atoms with Crippen molar-refractivity contribution in [1.82, 2.24) is 15.1 Å². The monoisotopic (exact) mass is 243 g/mol. The molecule has 0 spiro atoms. The molecule has 0 saturated heterocycles. The van der Waals surface area contributed by atoms with Crippen molar-refractivity contribution in [2.45, 2.75) is 19.3 Å². The van der Waals surface area contributed by atoms with Gasteiger partial charge in [-0.05, 0) is 37.6 Å². The average molecular weight is 243 g/mol. The Kier molecular flexibility index (Phi) is 4.15. The number of aryl methyl sites for hydroxylation is 2. The molecule has 1 aromatic carbocycles. The summed E-state index contributed by atoms with van der Waals surface area (Å²) < 4.78 is 1.86. The van der Waals surface area contributed by atoms with E-state index in [0.29, 0.717) is 5.92 Å². The van der Waals surface area contributed by atoms with Crippen molar-refractivity contribution in [2.75, 3.05) is 13.6 Å². The Morgan fingerprint density at radius 1 is 1.28 bits per heavy atom. The van der Waals surface area contributed by atoms with Crippen LogP contribution in [-0.2, 0) is 13.5 Å². The third kappa shape index (κ3) is 2.99. The summed E-state index contributed by atoms with van der Waals surface area (Å²) in [5.74, 6) is 0.478. The molecule has 1 aromatic heterocycles. The van der Waals surface area contributed by atoms with Crippen molar-refractivity contribution in [1.29, 1.82) is 0 Å². The van der Waals surface area contributed by atoms with E-state index >= 15 is 0 Å². The molecule has 1 heterocycles. The smallest absolute Gasteiger partial charge is 0.0631 e. The van der Waals surface area contributed by atoms with Gasteiger partial charge in [-0.1, -0.05) is 24.3 Å². The SMILES string of the molecule is CNCC(Cc1ccn(C)n1)c1ccccc1C. The lowest BCUT2D eigenvalue weighted by molar-refractivity contribution is 0.607. The third-order valence-corrected chi connectivity index (χ3v) is 3.30. The standard InChI is InChI=1S/C15H21N3/c1-12-6-4-5-7-15(12)13(11-16-2)10-14-8-9-18(3)17-14/h4-9,13,16H,10-11H2,1-3H3. The van der Waals surface area contributed by atoms with Gasteiger partial charge in [-0.25, -0.2) is 0 Å². The molecule has 0 amide bonds. The Morgan fingerprint density at radius 2 is 2.06 bits per heavy atom. The minimum Gasteiger partial charge on any atom is -0.319 e. The number of likely N-dealkylation sites (N-methyl/N-ethyl adjacent to an activating group) is 1. The Balaban J connectivity index is 2.20. The molecule has 2 rings (SSSR count). The molecule has 3 heteroatoms. The van der Waals surface area contributed by atoms with Gasteiger partial charge in [-0.2, -0.15) is 5.10 Å². The minimum atomic E-state index is 0.478. The highest BCUT2D eigenvalue weighted by molar-refractivity contribution is 5.30. The molecule has 3 nitrogen and oxygen atoms in total. The third-order valence-electron chi connectivity index (χ3n) is 3.30. The Morgan fingerprint density at radius 3 is 2.67 bits per heavy atom. The number of benzene rings is 1. The van der Waals surface area contributed by atoms with E-state index in [-0.39, 0.29) is 0 Å². The zero-order valence-corrected chi connectivity index (χ0v) is 11.4. The molecule has 18 heavy (non-hydrogen) atoms. The predicted octanol–water partition coefficient (Wildman–Crippen LogP) is 2.27. The maximum absolute atomic E-state index is 4.48. The quantitative estimate of drug-likeness (QED) is 0.873. The maximum Gasteiger partial charge on any atom is 0.0631 e. The average Bonchev–Trinajstić information content (AvgIpc) is 2.75. The van der Waals surface area contributed by atoms with Gasteiger partial charge in [-0.3, -0.25) is 4.68 Å². The lowest BCUT2D eigenvalue weighted by Gasteiger charge is -2.18. The molecule has 1 unspecified atom stereocenters. The fourth-order valence-corrected chi connectivity index (χ4v) is 2.41. The van der Waals surface area contributed by atoms with Crippen LogP contribution < -0.4 is 5.32 Å². The van der Waals surface area contributed by atoms with E-state index in [1.54, 1.807) is 0 Å². The molecule has 1 N–H and O–H groups in total. The van der Waals surface area contributed by atoms with Crippen LogP contribution in [0.2, 0.25) is 0 Å². The van der Waals surface area contributed by atoms with Gasteiger partial charge >= 0.3 is 0 Å². The van der Waals surface area contributed by atoms with E-state index in [1.807, 2.05) is 25.0 Å². The molecule has 0 aliphatic rings. The first-order chi connectivity index (χ1) is 8.70. The number of hydrogen-bond donors (Lipinski definition) is 1. The Labute approximate surface area is 109 Å². The molecule has 0 aliphatic heterocycles. The van der Waals surface area contributed by atoms with Crippen molar-refractivity contribution in [3.8, 4) is 0 Å². The van der Waals surface area contributed by atoms with Crippen LogP contribution in [0.25, 0.3) is 0 Å². The summed E-state index contributed by atoms with van der Waals surface area (Å²) in [5.41, 5.74) is 3.92. The topological polar surface area (TPSA) is 29.9 Å². The van der Waals surface area contributed by atoms with Crippen LogP contribution in [0, 0.1) is 6.92 Å². The molecule has 0 saturated carbocycles. The zero-order chi connectivity index (χ0) is 13.0. The van der Waals surface area contributed by atoms with Gasteiger partial charge in [0.2, 0.25) is 0 Å². The van der Waals surface area contributed by atoms with Crippen molar-refractivity contribution in [3.63, 3.8) is 0 Å². The first kappa shape index (κ1) is 12.8. The van der Waals surface area contributed by atoms with Crippen LogP contribution >= 0.6 is 0 Å². The summed E-state index contributed by atoms with van der Waals surface area (Å²) >= 11 is 0. The van der Waals surface area contributed by atoms with Crippen molar-refractivity contribution in [3.05, 3.63) is 53.3 Å². The summed E-state index contributed by atoms with van der Waals surface area (Å²) in [6, 6.07) is 10.7. The number of nitrogens with zero attached hydrogens (tertiary/aromatic N) is 2. The van der Waals surface area contributed by atoms with Crippen LogP contribution in [-0.4, -0.2) is 23.4 Å². The van der Waals surface area contributed by atoms with E-state index in [9.17, 15) is 0 Å². The highest BCUT2D eigenvalue weighted by Gasteiger charge is 2.14. The minimum absolute atomic E-state index is 0.478. The van der Waals surface area contributed by atoms with Gasteiger partial charge in [0.1, 0.15) is 0 Å². The highest BCUT2D eigenvalue weighted by atomic mass is 15.2. The fourth-order valence-electron chi connectivity index (χ4n) is 2.41. The molecular formula is C15H21N3. The van der Waals surface area contributed by atoms with Gasteiger partial charge in [0, 0.05) is 25.7 Å². The van der Waals surface area contributed by atoms with Crippen LogP contribution in [0.3, 0.4) is 0 Å². The summed E-state index contributed by atoms with van der Waals surface area (Å²) in [6.07, 6.45) is 2.98. The maximum atomic E-state index is 4.48. The van der Waals surface area contributed by atoms with Gasteiger partial charge < -0.3 is 5.32 Å². The predicted molar refractivity (Wildman–Crippen MR) is 74.8 cm³/mol. The summed E-state index contributed by atoms with van der Waals surface area (Å²) in [5, 5.41) is 7.76. The molecule has 0 bridgehead atoms. The molecule has 96 valence electrons. The number of rotatable bonds is 5. The molecule has 1 atom stereocenters. The second-order valence-corrected chi connectivity index (χ2v) is 4.80. The lowest BCUT2D eigenvalue weighted by Crippen LogP contribution is -2.20. The molecule has 0 aliphatic carbocycles. The largest absolute Gasteiger partial charge is 0.319 e. The number of nitrogens with one attached hydrogen (secondary N) is 1. The van der Waals surface area contributed by atoms with Crippen molar-refractivity contribution < 1.29 is 0 Å². The van der Waals surface area contributed by atoms with Crippen LogP contribution in [0.15, 0.2) is 36.5 Å². The molecular weight excluding hydrogens is 222 g/mol. The first-order valence-corrected chi connectivity index (χ1v) is 6.39. The normalized spacial score (nSPS) is 12.6. The second kappa shape index (κ2) is 5.83. The van der Waals surface area contributed by atoms with E-state index in [4.69, 9.17) is 0 Å². The zero-order valence-electron chi connectivity index (χ0n) is 11.4. The van der Waals surface area contributed by atoms with Crippen LogP contribution in [0.1, 0.15) is 22.7 Å². The summed E-state index contributed by atoms with van der Waals surface area (Å²) in [4.78, 5) is 0. The van der Waals surface area contributed by atoms with E-state index in [0.717, 1.165) is 18.7 Å². The van der Waals surface area contributed by atoms with Gasteiger partial charge in [-0.15, -0.1) is 0 Å². The fraction of sp³-hybridized carbons (Fsp3) is 0.400. The Bertz CT molecular complexity index is 502. The van der Waals surface area contributed by atoms with Gasteiger partial charge in [0.05, 0.1) is 5.69 Å². The van der Waals surface area contributed by atoms with E-state index < -0.39 is 0 Å². The van der Waals surface area contributed by atoms with Crippen LogP contribution in [0.4, 0.5) is 0 Å². The first-order valence-electron chi connectivity index (χ1n) is 6.39.